The third-order valence-corrected chi connectivity index (χ3v) is 4.05. The van der Waals surface area contributed by atoms with Gasteiger partial charge in [-0.1, -0.05) is 0 Å². The molecule has 0 aromatic carbocycles. The highest BCUT2D eigenvalue weighted by molar-refractivity contribution is 5.74. The highest BCUT2D eigenvalue weighted by Crippen LogP contribution is 2.29. The van der Waals surface area contributed by atoms with Gasteiger partial charge in [-0.2, -0.15) is 0 Å². The first-order valence-corrected chi connectivity index (χ1v) is 7.14. The Morgan fingerprint density at radius 1 is 1.48 bits per heavy atom. The molecular formula is C13H19N5O3. The molecule has 3 heterocycles. The van der Waals surface area contributed by atoms with Gasteiger partial charge in [-0.3, -0.25) is 0 Å². The summed E-state index contributed by atoms with van der Waals surface area (Å²) in [6, 6.07) is -0.0679. The van der Waals surface area contributed by atoms with Crippen molar-refractivity contribution in [2.75, 3.05) is 26.2 Å². The summed E-state index contributed by atoms with van der Waals surface area (Å²) in [7, 11) is 0. The number of H-pyrrole nitrogens is 1. The quantitative estimate of drug-likeness (QED) is 0.743. The molecule has 1 aromatic heterocycles. The van der Waals surface area contributed by atoms with E-state index in [0.29, 0.717) is 39.0 Å². The molecule has 0 atom stereocenters. The van der Waals surface area contributed by atoms with Gasteiger partial charge in [0.2, 0.25) is 0 Å². The van der Waals surface area contributed by atoms with Crippen LogP contribution in [0.15, 0.2) is 12.5 Å². The number of carbonyl (C=O) groups is 2. The van der Waals surface area contributed by atoms with Crippen molar-refractivity contribution in [3.05, 3.63) is 18.2 Å². The van der Waals surface area contributed by atoms with E-state index >= 15 is 0 Å². The Hall–Kier alpha value is -2.25. The Labute approximate surface area is 122 Å². The lowest BCUT2D eigenvalue weighted by atomic mass is 9.92. The lowest BCUT2D eigenvalue weighted by molar-refractivity contribution is 0.00981. The van der Waals surface area contributed by atoms with Crippen LogP contribution < -0.4 is 10.6 Å². The van der Waals surface area contributed by atoms with Gasteiger partial charge in [-0.15, -0.1) is 0 Å². The summed E-state index contributed by atoms with van der Waals surface area (Å²) in [4.78, 5) is 31.9. The number of likely N-dealkylation sites (tertiary alicyclic amines) is 1. The van der Waals surface area contributed by atoms with Crippen LogP contribution in [0.4, 0.5) is 9.59 Å². The van der Waals surface area contributed by atoms with Gasteiger partial charge < -0.3 is 25.3 Å². The molecule has 8 nitrogen and oxygen atoms in total. The lowest BCUT2D eigenvalue weighted by Crippen LogP contribution is -2.51. The second kappa shape index (κ2) is 5.63. The first-order valence-electron chi connectivity index (χ1n) is 7.14. The van der Waals surface area contributed by atoms with E-state index in [1.165, 1.54) is 0 Å². The van der Waals surface area contributed by atoms with Crippen LogP contribution in [-0.4, -0.2) is 58.8 Å². The molecule has 2 saturated heterocycles. The first-order chi connectivity index (χ1) is 10.2. The molecule has 3 N–H and O–H groups in total. The molecule has 8 heteroatoms. The maximum absolute atomic E-state index is 12.1. The maximum Gasteiger partial charge on any atom is 0.407 e. The highest BCUT2D eigenvalue weighted by atomic mass is 16.6. The molecule has 3 rings (SSSR count). The maximum atomic E-state index is 12.1. The zero-order chi connectivity index (χ0) is 14.7. The molecule has 0 bridgehead atoms. The van der Waals surface area contributed by atoms with Crippen molar-refractivity contribution in [2.45, 2.75) is 24.9 Å². The number of hydrogen-bond donors (Lipinski definition) is 3. The van der Waals surface area contributed by atoms with E-state index in [4.69, 9.17) is 4.74 Å². The van der Waals surface area contributed by atoms with Crippen LogP contribution in [-0.2, 0) is 11.2 Å². The van der Waals surface area contributed by atoms with Crippen molar-refractivity contribution in [2.24, 2.45) is 0 Å². The molecule has 21 heavy (non-hydrogen) atoms. The minimum Gasteiger partial charge on any atom is -0.441 e. The highest BCUT2D eigenvalue weighted by Gasteiger charge is 2.43. The number of imidazole rings is 1. The summed E-state index contributed by atoms with van der Waals surface area (Å²) < 4.78 is 5.33. The van der Waals surface area contributed by atoms with Gasteiger partial charge in [0, 0.05) is 50.8 Å². The summed E-state index contributed by atoms with van der Waals surface area (Å²) in [5.41, 5.74) is 0.584. The molecule has 1 aromatic rings. The van der Waals surface area contributed by atoms with Crippen LogP contribution in [0.3, 0.4) is 0 Å². The number of aromatic nitrogens is 2. The Balaban J connectivity index is 1.41. The van der Waals surface area contributed by atoms with Crippen LogP contribution in [0.2, 0.25) is 0 Å². The molecular weight excluding hydrogens is 274 g/mol. The zero-order valence-electron chi connectivity index (χ0n) is 11.7. The Morgan fingerprint density at radius 3 is 2.90 bits per heavy atom. The van der Waals surface area contributed by atoms with Crippen LogP contribution >= 0.6 is 0 Å². The molecule has 2 aliphatic heterocycles. The van der Waals surface area contributed by atoms with E-state index in [-0.39, 0.29) is 12.1 Å². The normalized spacial score (nSPS) is 20.2. The molecule has 0 radical (unpaired) electrons. The number of ether oxygens (including phenoxy) is 1. The fourth-order valence-electron chi connectivity index (χ4n) is 2.74. The largest absolute Gasteiger partial charge is 0.441 e. The fourth-order valence-corrected chi connectivity index (χ4v) is 2.74. The summed E-state index contributed by atoms with van der Waals surface area (Å²) in [5.74, 6) is 0. The number of amides is 3. The van der Waals surface area contributed by atoms with Gasteiger partial charge in [0.1, 0.15) is 5.60 Å². The van der Waals surface area contributed by atoms with E-state index in [1.807, 2.05) is 0 Å². The SMILES string of the molecule is O=C1NCC2(CCN(C(=O)NCCc3cnc[nH]3)CC2)O1. The predicted molar refractivity (Wildman–Crippen MR) is 73.7 cm³/mol. The number of hydrogen-bond acceptors (Lipinski definition) is 4. The molecule has 1 spiro atoms. The monoisotopic (exact) mass is 293 g/mol. The van der Waals surface area contributed by atoms with Crippen molar-refractivity contribution in [1.29, 1.82) is 0 Å². The summed E-state index contributed by atoms with van der Waals surface area (Å²) >= 11 is 0. The van der Waals surface area contributed by atoms with Gasteiger partial charge in [0.05, 0.1) is 12.9 Å². The standard InChI is InChI=1S/C13H19N5O3/c19-11(15-4-1-10-7-14-9-17-10)18-5-2-13(3-6-18)8-16-12(20)21-13/h7,9H,1-6,8H2,(H,14,17)(H,15,19)(H,16,20). The van der Waals surface area contributed by atoms with Gasteiger partial charge in [0.15, 0.2) is 0 Å². The summed E-state index contributed by atoms with van der Waals surface area (Å²) in [5, 5.41) is 5.58. The average Bonchev–Trinajstić information content (AvgIpc) is 3.10. The average molecular weight is 293 g/mol. The Bertz CT molecular complexity index is 508. The van der Waals surface area contributed by atoms with Crippen molar-refractivity contribution in [3.63, 3.8) is 0 Å². The van der Waals surface area contributed by atoms with E-state index < -0.39 is 5.60 Å². The lowest BCUT2D eigenvalue weighted by Gasteiger charge is -2.37. The second-order valence-electron chi connectivity index (χ2n) is 5.47. The minimum atomic E-state index is -0.413. The third kappa shape index (κ3) is 3.09. The number of nitrogens with zero attached hydrogens (tertiary/aromatic N) is 2. The van der Waals surface area contributed by atoms with Gasteiger partial charge >= 0.3 is 12.1 Å². The number of urea groups is 1. The van der Waals surface area contributed by atoms with Crippen molar-refractivity contribution in [1.82, 2.24) is 25.5 Å². The fraction of sp³-hybridized carbons (Fsp3) is 0.615. The van der Waals surface area contributed by atoms with Crippen LogP contribution in [0, 0.1) is 0 Å². The molecule has 0 unspecified atom stereocenters. The second-order valence-corrected chi connectivity index (χ2v) is 5.47. The molecule has 114 valence electrons. The van der Waals surface area contributed by atoms with Crippen LogP contribution in [0.1, 0.15) is 18.5 Å². The van der Waals surface area contributed by atoms with Gasteiger partial charge in [-0.25, -0.2) is 14.6 Å². The van der Waals surface area contributed by atoms with Crippen molar-refractivity contribution in [3.8, 4) is 0 Å². The molecule has 3 amide bonds. The van der Waals surface area contributed by atoms with E-state index in [1.54, 1.807) is 17.4 Å². The molecule has 2 fully saturated rings. The Morgan fingerprint density at radius 2 is 2.29 bits per heavy atom. The van der Waals surface area contributed by atoms with Crippen LogP contribution in [0.5, 0.6) is 0 Å². The predicted octanol–water partition coefficient (Wildman–Crippen LogP) is 0.236. The van der Waals surface area contributed by atoms with E-state index in [2.05, 4.69) is 20.6 Å². The van der Waals surface area contributed by atoms with E-state index in [9.17, 15) is 9.59 Å². The van der Waals surface area contributed by atoms with Gasteiger partial charge in [-0.05, 0) is 0 Å². The molecule has 0 aliphatic carbocycles. The summed E-state index contributed by atoms with van der Waals surface area (Å²) in [6.45, 7) is 2.32. The summed E-state index contributed by atoms with van der Waals surface area (Å²) in [6.07, 6.45) is 5.11. The Kier molecular flexibility index (Phi) is 3.68. The van der Waals surface area contributed by atoms with Crippen LogP contribution in [0.25, 0.3) is 0 Å². The van der Waals surface area contributed by atoms with E-state index in [0.717, 1.165) is 12.1 Å². The number of alkyl carbamates (subject to hydrolysis) is 1. The smallest absolute Gasteiger partial charge is 0.407 e. The van der Waals surface area contributed by atoms with Crippen molar-refractivity contribution < 1.29 is 14.3 Å². The van der Waals surface area contributed by atoms with Gasteiger partial charge in [0.25, 0.3) is 0 Å². The number of aromatic amines is 1. The third-order valence-electron chi connectivity index (χ3n) is 4.05. The van der Waals surface area contributed by atoms with Crippen molar-refractivity contribution >= 4 is 12.1 Å². The zero-order valence-corrected chi connectivity index (χ0v) is 11.7. The number of carbonyl (C=O) groups excluding carboxylic acids is 2. The number of nitrogens with one attached hydrogen (secondary N) is 3. The topological polar surface area (TPSA) is 99.4 Å². The molecule has 0 saturated carbocycles. The molecule has 2 aliphatic rings. The minimum absolute atomic E-state index is 0.0679. The number of piperidine rings is 1. The number of rotatable bonds is 3. The first kappa shape index (κ1) is 13.7.